The number of amides is 3. The van der Waals surface area contributed by atoms with Gasteiger partial charge in [-0.1, -0.05) is 18.2 Å². The van der Waals surface area contributed by atoms with Crippen molar-refractivity contribution in [1.82, 2.24) is 10.6 Å². The summed E-state index contributed by atoms with van der Waals surface area (Å²) in [6.45, 7) is 0. The fourth-order valence-electron chi connectivity index (χ4n) is 3.37. The zero-order valence-electron chi connectivity index (χ0n) is 17.5. The van der Waals surface area contributed by atoms with Crippen LogP contribution in [0, 0.1) is 0 Å². The summed E-state index contributed by atoms with van der Waals surface area (Å²) in [6.07, 6.45) is -0.616. The van der Waals surface area contributed by atoms with Crippen molar-refractivity contribution in [3.05, 3.63) is 53.6 Å². The van der Waals surface area contributed by atoms with E-state index < -0.39 is 48.2 Å². The highest BCUT2D eigenvalue weighted by atomic mass is 16.5. The van der Waals surface area contributed by atoms with Gasteiger partial charge in [0, 0.05) is 6.42 Å². The first-order chi connectivity index (χ1) is 15.6. The maximum Gasteiger partial charge on any atom is 0.326 e. The van der Waals surface area contributed by atoms with Crippen LogP contribution in [0.1, 0.15) is 17.5 Å². The lowest BCUT2D eigenvalue weighted by atomic mass is 10.0. The predicted molar refractivity (Wildman–Crippen MR) is 115 cm³/mol. The fourth-order valence-corrected chi connectivity index (χ4v) is 3.37. The quantitative estimate of drug-likeness (QED) is 0.357. The largest absolute Gasteiger partial charge is 0.504 e. The van der Waals surface area contributed by atoms with Gasteiger partial charge in [-0.15, -0.1) is 0 Å². The number of aliphatic carboxylic acids is 1. The number of primary amides is 1. The van der Waals surface area contributed by atoms with Crippen LogP contribution in [0.5, 0.6) is 17.2 Å². The zero-order chi connectivity index (χ0) is 24.1. The Bertz CT molecular complexity index is 1090. The van der Waals surface area contributed by atoms with E-state index in [-0.39, 0.29) is 24.3 Å². The van der Waals surface area contributed by atoms with Gasteiger partial charge in [-0.3, -0.25) is 14.4 Å². The van der Waals surface area contributed by atoms with Gasteiger partial charge in [0.2, 0.25) is 17.7 Å². The lowest BCUT2D eigenvalue weighted by Gasteiger charge is -2.23. The molecule has 11 heteroatoms. The van der Waals surface area contributed by atoms with Gasteiger partial charge >= 0.3 is 5.97 Å². The number of nitrogens with two attached hydrogens (primary N) is 2. The van der Waals surface area contributed by atoms with Crippen molar-refractivity contribution >= 4 is 23.7 Å². The number of hydrogen-bond acceptors (Lipinski definition) is 7. The van der Waals surface area contributed by atoms with E-state index >= 15 is 0 Å². The number of phenolic OH excluding ortho intramolecular Hbond substituents is 1. The topological polar surface area (TPSA) is 194 Å². The number of rotatable bonds is 3. The molecule has 0 radical (unpaired) electrons. The molecule has 11 nitrogen and oxygen atoms in total. The number of nitrogens with one attached hydrogen (secondary N) is 2. The molecule has 0 saturated carbocycles. The van der Waals surface area contributed by atoms with Crippen molar-refractivity contribution in [3.8, 4) is 17.2 Å². The Labute approximate surface area is 188 Å². The molecule has 174 valence electrons. The molecule has 2 aromatic rings. The minimum atomic E-state index is -1.40. The fraction of sp³-hybridized carbons (Fsp3) is 0.273. The number of carboxylic acid groups (broad SMARTS) is 1. The summed E-state index contributed by atoms with van der Waals surface area (Å²) in [5.41, 5.74) is 12.3. The maximum atomic E-state index is 12.7. The maximum absolute atomic E-state index is 12.7. The molecule has 4 bridgehead atoms. The molecule has 2 aromatic carbocycles. The second kappa shape index (κ2) is 10.0. The summed E-state index contributed by atoms with van der Waals surface area (Å²) >= 11 is 0. The van der Waals surface area contributed by atoms with Crippen LogP contribution in [0.3, 0.4) is 0 Å². The number of benzene rings is 2. The average molecular weight is 456 g/mol. The molecule has 33 heavy (non-hydrogen) atoms. The molecule has 1 aliphatic heterocycles. The first-order valence-electron chi connectivity index (χ1n) is 10.1. The van der Waals surface area contributed by atoms with E-state index in [2.05, 4.69) is 10.6 Å². The highest BCUT2D eigenvalue weighted by Crippen LogP contribution is 2.32. The van der Waals surface area contributed by atoms with E-state index in [1.54, 1.807) is 30.3 Å². The van der Waals surface area contributed by atoms with Crippen molar-refractivity contribution in [3.63, 3.8) is 0 Å². The van der Waals surface area contributed by atoms with E-state index in [9.17, 15) is 29.4 Å². The van der Waals surface area contributed by atoms with Gasteiger partial charge < -0.3 is 37.1 Å². The minimum absolute atomic E-state index is 0.0329. The van der Waals surface area contributed by atoms with Gasteiger partial charge in [-0.2, -0.15) is 0 Å². The third kappa shape index (κ3) is 6.20. The summed E-state index contributed by atoms with van der Waals surface area (Å²) in [7, 11) is 0. The molecule has 0 aromatic heterocycles. The van der Waals surface area contributed by atoms with Gasteiger partial charge in [0.1, 0.15) is 17.8 Å². The van der Waals surface area contributed by atoms with Crippen LogP contribution in [0.4, 0.5) is 0 Å². The highest BCUT2D eigenvalue weighted by Gasteiger charge is 2.29. The average Bonchev–Trinajstić information content (AvgIpc) is 2.74. The number of hydrogen-bond donors (Lipinski definition) is 6. The first kappa shape index (κ1) is 23.5. The Balaban J connectivity index is 2.02. The van der Waals surface area contributed by atoms with E-state index in [1.165, 1.54) is 12.1 Å². The molecule has 3 rings (SSSR count). The lowest BCUT2D eigenvalue weighted by molar-refractivity contribution is -0.142. The second-order valence-corrected chi connectivity index (χ2v) is 7.70. The Morgan fingerprint density at radius 3 is 2.45 bits per heavy atom. The molecule has 0 fully saturated rings. The zero-order valence-corrected chi connectivity index (χ0v) is 17.5. The Morgan fingerprint density at radius 2 is 1.76 bits per heavy atom. The molecule has 0 spiro atoms. The molecule has 1 aliphatic rings. The van der Waals surface area contributed by atoms with Crippen LogP contribution in [-0.4, -0.2) is 52.0 Å². The summed E-state index contributed by atoms with van der Waals surface area (Å²) in [6, 6.07) is 7.10. The SMILES string of the molecule is NC(=O)C[C@@H]1NC(=O)[C@@H](N)Cc2ccc(O)c(c2)Oc2cccc(c2)C[C@@H](C(=O)O)NC1=O. The molecule has 0 aliphatic carbocycles. The summed E-state index contributed by atoms with van der Waals surface area (Å²) in [5.74, 6) is -3.49. The molecule has 0 saturated heterocycles. The normalized spacial score (nSPS) is 21.3. The third-order valence-electron chi connectivity index (χ3n) is 5.04. The Kier molecular flexibility index (Phi) is 7.13. The van der Waals surface area contributed by atoms with Gasteiger partial charge in [-0.05, 0) is 41.8 Å². The standard InChI is InChI=1S/C22H24N4O7/c23-14-7-12-4-5-17(27)18(9-12)33-13-3-1-2-11(6-13)8-16(22(31)32)26-21(30)15(10-19(24)28)25-20(14)29/h1-6,9,14-16,27H,7-8,10,23H2,(H2,24,28)(H,25,29)(H,26,30)(H,31,32)/t14-,15-,16-/m0/s1. The van der Waals surface area contributed by atoms with E-state index in [0.717, 1.165) is 0 Å². The van der Waals surface area contributed by atoms with E-state index in [1.807, 2.05) is 0 Å². The van der Waals surface area contributed by atoms with Crippen molar-refractivity contribution in [2.75, 3.05) is 0 Å². The molecular formula is C22H24N4O7. The van der Waals surface area contributed by atoms with Crippen LogP contribution in [0.2, 0.25) is 0 Å². The molecule has 8 N–H and O–H groups in total. The van der Waals surface area contributed by atoms with Gasteiger partial charge in [0.05, 0.1) is 12.5 Å². The molecule has 0 unspecified atom stereocenters. The number of phenols is 1. The number of carboxylic acids is 1. The third-order valence-corrected chi connectivity index (χ3v) is 5.04. The van der Waals surface area contributed by atoms with E-state index in [0.29, 0.717) is 16.9 Å². The highest BCUT2D eigenvalue weighted by molar-refractivity contribution is 5.94. The second-order valence-electron chi connectivity index (χ2n) is 7.70. The number of fused-ring (bicyclic) bond motifs is 4. The summed E-state index contributed by atoms with van der Waals surface area (Å²) in [5, 5.41) is 24.4. The van der Waals surface area contributed by atoms with Crippen molar-refractivity contribution in [2.45, 2.75) is 37.4 Å². The predicted octanol–water partition coefficient (Wildman–Crippen LogP) is -0.460. The molecule has 3 atom stereocenters. The number of carbonyl (C=O) groups is 4. The smallest absolute Gasteiger partial charge is 0.326 e. The summed E-state index contributed by atoms with van der Waals surface area (Å²) in [4.78, 5) is 48.5. The monoisotopic (exact) mass is 456 g/mol. The Hall–Kier alpha value is -4.12. The lowest BCUT2D eigenvalue weighted by Crippen LogP contribution is -2.56. The van der Waals surface area contributed by atoms with Gasteiger partial charge in [-0.25, -0.2) is 4.79 Å². The van der Waals surface area contributed by atoms with E-state index in [4.69, 9.17) is 16.2 Å². The van der Waals surface area contributed by atoms with Crippen molar-refractivity contribution in [2.24, 2.45) is 11.5 Å². The van der Waals surface area contributed by atoms with Gasteiger partial charge in [0.25, 0.3) is 0 Å². The minimum Gasteiger partial charge on any atom is -0.504 e. The Morgan fingerprint density at radius 1 is 1.03 bits per heavy atom. The van der Waals surface area contributed by atoms with Gasteiger partial charge in [0.15, 0.2) is 11.5 Å². The number of ether oxygens (including phenoxy) is 1. The number of carbonyl (C=O) groups excluding carboxylic acids is 3. The van der Waals surface area contributed by atoms with Crippen LogP contribution in [0.15, 0.2) is 42.5 Å². The molecule has 3 amide bonds. The van der Waals surface area contributed by atoms with Crippen LogP contribution < -0.4 is 26.8 Å². The molecular weight excluding hydrogens is 432 g/mol. The van der Waals surface area contributed by atoms with Crippen LogP contribution in [-0.2, 0) is 32.0 Å². The van der Waals surface area contributed by atoms with Crippen LogP contribution >= 0.6 is 0 Å². The molecule has 1 heterocycles. The van der Waals surface area contributed by atoms with Crippen molar-refractivity contribution < 1.29 is 34.1 Å². The van der Waals surface area contributed by atoms with Crippen LogP contribution in [0.25, 0.3) is 0 Å². The van der Waals surface area contributed by atoms with Crippen molar-refractivity contribution in [1.29, 1.82) is 0 Å². The first-order valence-corrected chi connectivity index (χ1v) is 10.1. The number of aromatic hydroxyl groups is 1. The summed E-state index contributed by atoms with van der Waals surface area (Å²) < 4.78 is 5.75.